The molecule has 1 heterocycles. The summed E-state index contributed by atoms with van der Waals surface area (Å²) in [5.41, 5.74) is 0. The highest BCUT2D eigenvalue weighted by molar-refractivity contribution is 5.70. The SMILES string of the molecule is O=C([O-])[C@@H]1CCCCN1O. The second-order valence-electron chi connectivity index (χ2n) is 2.49. The topological polar surface area (TPSA) is 63.6 Å². The number of piperidine rings is 1. The van der Waals surface area contributed by atoms with Gasteiger partial charge in [-0.25, -0.2) is 0 Å². The third-order valence-electron chi connectivity index (χ3n) is 1.75. The van der Waals surface area contributed by atoms with Gasteiger partial charge < -0.3 is 15.1 Å². The Hall–Kier alpha value is -0.610. The van der Waals surface area contributed by atoms with Crippen LogP contribution in [0.3, 0.4) is 0 Å². The van der Waals surface area contributed by atoms with Gasteiger partial charge in [-0.1, -0.05) is 6.42 Å². The van der Waals surface area contributed by atoms with Gasteiger partial charge in [-0.2, -0.15) is 5.06 Å². The zero-order valence-corrected chi connectivity index (χ0v) is 5.62. The number of hydroxylamine groups is 2. The predicted octanol–water partition coefficient (Wildman–Crippen LogP) is -1.02. The lowest BCUT2D eigenvalue weighted by molar-refractivity contribution is -0.321. The van der Waals surface area contributed by atoms with Crippen molar-refractivity contribution in [3.63, 3.8) is 0 Å². The zero-order valence-electron chi connectivity index (χ0n) is 5.62. The molecule has 1 N–H and O–H groups in total. The van der Waals surface area contributed by atoms with Crippen LogP contribution in [0.15, 0.2) is 0 Å². The Bertz CT molecular complexity index is 137. The van der Waals surface area contributed by atoms with Gasteiger partial charge in [-0.3, -0.25) is 0 Å². The molecular weight excluding hydrogens is 134 g/mol. The molecule has 4 nitrogen and oxygen atoms in total. The number of carbonyl (C=O) groups is 1. The molecule has 1 aliphatic heterocycles. The highest BCUT2D eigenvalue weighted by atomic mass is 16.5. The molecule has 0 aromatic rings. The van der Waals surface area contributed by atoms with Gasteiger partial charge in [0.1, 0.15) is 0 Å². The molecule has 10 heavy (non-hydrogen) atoms. The summed E-state index contributed by atoms with van der Waals surface area (Å²) in [6, 6.07) is -0.784. The Morgan fingerprint density at radius 2 is 2.30 bits per heavy atom. The second kappa shape index (κ2) is 2.98. The van der Waals surface area contributed by atoms with E-state index in [1.54, 1.807) is 0 Å². The van der Waals surface area contributed by atoms with E-state index >= 15 is 0 Å². The Morgan fingerprint density at radius 1 is 1.60 bits per heavy atom. The highest BCUT2D eigenvalue weighted by Gasteiger charge is 2.20. The maximum absolute atomic E-state index is 10.3. The zero-order chi connectivity index (χ0) is 7.56. The van der Waals surface area contributed by atoms with Crippen molar-refractivity contribution in [3.8, 4) is 0 Å². The fourth-order valence-corrected chi connectivity index (χ4v) is 1.16. The lowest BCUT2D eigenvalue weighted by Crippen LogP contribution is -2.48. The first kappa shape index (κ1) is 7.50. The first-order valence-corrected chi connectivity index (χ1v) is 3.38. The van der Waals surface area contributed by atoms with E-state index in [4.69, 9.17) is 5.21 Å². The summed E-state index contributed by atoms with van der Waals surface area (Å²) >= 11 is 0. The molecule has 1 atom stereocenters. The molecule has 0 unspecified atom stereocenters. The summed E-state index contributed by atoms with van der Waals surface area (Å²) in [6.45, 7) is 0.443. The lowest BCUT2D eigenvalue weighted by Gasteiger charge is -2.30. The van der Waals surface area contributed by atoms with Gasteiger partial charge in [0, 0.05) is 6.54 Å². The molecule has 1 saturated heterocycles. The predicted molar refractivity (Wildman–Crippen MR) is 31.1 cm³/mol. The van der Waals surface area contributed by atoms with E-state index in [9.17, 15) is 9.90 Å². The van der Waals surface area contributed by atoms with Crippen LogP contribution >= 0.6 is 0 Å². The Balaban J connectivity index is 2.47. The molecule has 58 valence electrons. The van der Waals surface area contributed by atoms with Gasteiger partial charge in [-0.15, -0.1) is 0 Å². The number of carbonyl (C=O) groups excluding carboxylic acids is 1. The van der Waals surface area contributed by atoms with Crippen molar-refractivity contribution in [1.29, 1.82) is 0 Å². The molecule has 1 aliphatic rings. The maximum Gasteiger partial charge on any atom is 0.0744 e. The van der Waals surface area contributed by atoms with E-state index in [0.29, 0.717) is 13.0 Å². The fourth-order valence-electron chi connectivity index (χ4n) is 1.16. The molecule has 0 saturated carbocycles. The summed E-state index contributed by atoms with van der Waals surface area (Å²) in [7, 11) is 0. The Kier molecular flexibility index (Phi) is 2.24. The molecule has 4 heteroatoms. The minimum atomic E-state index is -1.18. The van der Waals surface area contributed by atoms with E-state index in [2.05, 4.69) is 0 Å². The third kappa shape index (κ3) is 1.46. The molecule has 0 aromatic heterocycles. The van der Waals surface area contributed by atoms with E-state index < -0.39 is 12.0 Å². The van der Waals surface area contributed by atoms with Crippen LogP contribution in [-0.2, 0) is 4.79 Å². The van der Waals surface area contributed by atoms with Crippen LogP contribution in [0.5, 0.6) is 0 Å². The van der Waals surface area contributed by atoms with Gasteiger partial charge in [0.05, 0.1) is 12.0 Å². The molecule has 0 bridgehead atoms. The lowest BCUT2D eigenvalue weighted by atomic mass is 10.1. The van der Waals surface area contributed by atoms with Crippen molar-refractivity contribution in [2.75, 3.05) is 6.54 Å². The van der Waals surface area contributed by atoms with Gasteiger partial charge >= 0.3 is 0 Å². The van der Waals surface area contributed by atoms with Crippen molar-refractivity contribution in [2.24, 2.45) is 0 Å². The van der Waals surface area contributed by atoms with Gasteiger partial charge in [0.15, 0.2) is 0 Å². The average molecular weight is 144 g/mol. The average Bonchev–Trinajstić information content (AvgIpc) is 1.88. The van der Waals surface area contributed by atoms with E-state index in [1.807, 2.05) is 0 Å². The molecular formula is C6H10NO3-. The Labute approximate surface area is 59.0 Å². The summed E-state index contributed by atoms with van der Waals surface area (Å²) in [5, 5.41) is 20.0. The molecule has 0 amide bonds. The highest BCUT2D eigenvalue weighted by Crippen LogP contribution is 2.13. The monoisotopic (exact) mass is 144 g/mol. The molecule has 0 aromatic carbocycles. The maximum atomic E-state index is 10.3. The van der Waals surface area contributed by atoms with Crippen molar-refractivity contribution < 1.29 is 15.1 Å². The van der Waals surface area contributed by atoms with Crippen LogP contribution < -0.4 is 5.11 Å². The standard InChI is InChI=1S/C6H11NO3/c8-6(9)5-3-1-2-4-7(5)10/h5,10H,1-4H2,(H,8,9)/p-1/t5-/m0/s1. The van der Waals surface area contributed by atoms with Gasteiger partial charge in [0.25, 0.3) is 0 Å². The Morgan fingerprint density at radius 3 is 2.70 bits per heavy atom. The first-order chi connectivity index (χ1) is 4.72. The quantitative estimate of drug-likeness (QED) is 0.511. The van der Waals surface area contributed by atoms with Crippen LogP contribution in [0.2, 0.25) is 0 Å². The van der Waals surface area contributed by atoms with Crippen molar-refractivity contribution in [3.05, 3.63) is 0 Å². The van der Waals surface area contributed by atoms with Crippen LogP contribution in [0, 0.1) is 0 Å². The summed E-state index contributed by atoms with van der Waals surface area (Å²) < 4.78 is 0. The smallest absolute Gasteiger partial charge is 0.0744 e. The molecule has 0 aliphatic carbocycles. The van der Waals surface area contributed by atoms with Crippen LogP contribution in [0.4, 0.5) is 0 Å². The fraction of sp³-hybridized carbons (Fsp3) is 0.833. The summed E-state index contributed by atoms with van der Waals surface area (Å²) in [5.74, 6) is -1.18. The minimum Gasteiger partial charge on any atom is -0.548 e. The summed E-state index contributed by atoms with van der Waals surface area (Å²) in [6.07, 6.45) is 2.22. The minimum absolute atomic E-state index is 0.443. The number of hydrogen-bond donors (Lipinski definition) is 1. The van der Waals surface area contributed by atoms with Gasteiger partial charge in [-0.05, 0) is 12.8 Å². The molecule has 1 fully saturated rings. The van der Waals surface area contributed by atoms with E-state index in [0.717, 1.165) is 17.9 Å². The molecule has 0 radical (unpaired) electrons. The number of rotatable bonds is 1. The number of nitrogens with zero attached hydrogens (tertiary/aromatic N) is 1. The number of carboxylic acids is 1. The molecule has 0 spiro atoms. The number of aliphatic carboxylic acids is 1. The number of hydrogen-bond acceptors (Lipinski definition) is 4. The third-order valence-corrected chi connectivity index (χ3v) is 1.75. The molecule has 1 rings (SSSR count). The van der Waals surface area contributed by atoms with Crippen molar-refractivity contribution >= 4 is 5.97 Å². The largest absolute Gasteiger partial charge is 0.548 e. The van der Waals surface area contributed by atoms with E-state index in [-0.39, 0.29) is 0 Å². The van der Waals surface area contributed by atoms with E-state index in [1.165, 1.54) is 0 Å². The van der Waals surface area contributed by atoms with Crippen LogP contribution in [0.25, 0.3) is 0 Å². The van der Waals surface area contributed by atoms with Crippen LogP contribution in [-0.4, -0.2) is 28.8 Å². The first-order valence-electron chi connectivity index (χ1n) is 3.38. The van der Waals surface area contributed by atoms with Gasteiger partial charge in [0.2, 0.25) is 0 Å². The van der Waals surface area contributed by atoms with Crippen molar-refractivity contribution in [2.45, 2.75) is 25.3 Å². The normalized spacial score (nSPS) is 28.3. The number of carboxylic acid groups (broad SMARTS) is 1. The summed E-state index contributed by atoms with van der Waals surface area (Å²) in [4.78, 5) is 10.3. The van der Waals surface area contributed by atoms with Crippen molar-refractivity contribution in [1.82, 2.24) is 5.06 Å². The van der Waals surface area contributed by atoms with Crippen LogP contribution in [0.1, 0.15) is 19.3 Å². The second-order valence-corrected chi connectivity index (χ2v) is 2.49.